The lowest BCUT2D eigenvalue weighted by Gasteiger charge is -2.28. The van der Waals surface area contributed by atoms with Gasteiger partial charge in [-0.15, -0.1) is 10.2 Å². The van der Waals surface area contributed by atoms with Crippen molar-refractivity contribution in [1.82, 2.24) is 25.0 Å². The van der Waals surface area contributed by atoms with Gasteiger partial charge >= 0.3 is 0 Å². The zero-order valence-electron chi connectivity index (χ0n) is 18.0. The fourth-order valence-corrected chi connectivity index (χ4v) is 4.30. The third-order valence-electron chi connectivity index (χ3n) is 5.67. The van der Waals surface area contributed by atoms with Crippen LogP contribution in [0.1, 0.15) is 12.5 Å². The molecule has 0 radical (unpaired) electrons. The van der Waals surface area contributed by atoms with Gasteiger partial charge in [0.1, 0.15) is 5.75 Å². The Kier molecular flexibility index (Phi) is 5.67. The number of aryl methyl sites for hydroxylation is 1. The van der Waals surface area contributed by atoms with E-state index in [1.54, 1.807) is 7.11 Å². The number of methoxy groups -OCH3 is 1. The average molecular weight is 454 g/mol. The second-order valence-electron chi connectivity index (χ2n) is 7.54. The summed E-state index contributed by atoms with van der Waals surface area (Å²) < 4.78 is 12.6. The Labute approximate surface area is 190 Å². The number of halogens is 1. The van der Waals surface area contributed by atoms with Crippen LogP contribution in [-0.2, 0) is 17.8 Å². The lowest BCUT2D eigenvalue weighted by atomic mass is 10.1. The van der Waals surface area contributed by atoms with Crippen LogP contribution in [0.2, 0.25) is 5.02 Å². The highest BCUT2D eigenvalue weighted by molar-refractivity contribution is 6.32. The van der Waals surface area contributed by atoms with Crippen molar-refractivity contribution in [3.8, 4) is 5.75 Å². The summed E-state index contributed by atoms with van der Waals surface area (Å²) in [5, 5.41) is 20.5. The summed E-state index contributed by atoms with van der Waals surface area (Å²) >= 11 is 6.29. The van der Waals surface area contributed by atoms with E-state index in [0.29, 0.717) is 36.3 Å². The SMILES string of the molecule is CCn1ncc2c3c(NCc4ccc(OC)c(Cl)c4)nnc(N4CCOCC4)c3cnc21. The summed E-state index contributed by atoms with van der Waals surface area (Å²) in [4.78, 5) is 6.90. The fraction of sp³-hybridized carbons (Fsp3) is 0.364. The summed E-state index contributed by atoms with van der Waals surface area (Å²) in [6.45, 7) is 6.21. The zero-order valence-corrected chi connectivity index (χ0v) is 18.8. The lowest BCUT2D eigenvalue weighted by molar-refractivity contribution is 0.122. The van der Waals surface area contributed by atoms with Crippen LogP contribution < -0.4 is 15.0 Å². The van der Waals surface area contributed by atoms with Crippen molar-refractivity contribution in [2.75, 3.05) is 43.6 Å². The largest absolute Gasteiger partial charge is 0.495 e. The van der Waals surface area contributed by atoms with Gasteiger partial charge in [0.05, 0.1) is 36.9 Å². The molecule has 0 saturated carbocycles. The predicted octanol–water partition coefficient (Wildman–Crippen LogP) is 3.51. The van der Waals surface area contributed by atoms with E-state index < -0.39 is 0 Å². The number of benzene rings is 1. The van der Waals surface area contributed by atoms with Crippen molar-refractivity contribution in [2.24, 2.45) is 0 Å². The van der Waals surface area contributed by atoms with E-state index in [-0.39, 0.29) is 0 Å². The Balaban J connectivity index is 1.58. The van der Waals surface area contributed by atoms with Crippen LogP contribution in [0.25, 0.3) is 21.8 Å². The number of ether oxygens (including phenoxy) is 2. The number of morpholine rings is 1. The van der Waals surface area contributed by atoms with E-state index in [9.17, 15) is 0 Å². The van der Waals surface area contributed by atoms with Crippen LogP contribution in [0, 0.1) is 0 Å². The van der Waals surface area contributed by atoms with Crippen LogP contribution in [0.5, 0.6) is 5.75 Å². The molecule has 0 spiro atoms. The molecule has 1 saturated heterocycles. The number of hydrogen-bond acceptors (Lipinski definition) is 8. The first-order valence-corrected chi connectivity index (χ1v) is 11.0. The average Bonchev–Trinajstić information content (AvgIpc) is 3.26. The van der Waals surface area contributed by atoms with Gasteiger partial charge in [0, 0.05) is 43.1 Å². The zero-order chi connectivity index (χ0) is 22.1. The van der Waals surface area contributed by atoms with Crippen molar-refractivity contribution in [2.45, 2.75) is 20.0 Å². The number of aromatic nitrogens is 5. The third kappa shape index (κ3) is 3.67. The maximum absolute atomic E-state index is 6.29. The van der Waals surface area contributed by atoms with Gasteiger partial charge in [0.15, 0.2) is 17.3 Å². The van der Waals surface area contributed by atoms with Gasteiger partial charge < -0.3 is 19.7 Å². The van der Waals surface area contributed by atoms with Crippen LogP contribution in [0.4, 0.5) is 11.6 Å². The number of anilines is 2. The summed E-state index contributed by atoms with van der Waals surface area (Å²) in [5.74, 6) is 2.15. The molecule has 1 fully saturated rings. The van der Waals surface area contributed by atoms with Crippen molar-refractivity contribution in [1.29, 1.82) is 0 Å². The van der Waals surface area contributed by atoms with Gasteiger partial charge in [-0.2, -0.15) is 5.10 Å². The van der Waals surface area contributed by atoms with E-state index >= 15 is 0 Å². The first kappa shape index (κ1) is 20.7. The van der Waals surface area contributed by atoms with Crippen LogP contribution >= 0.6 is 11.6 Å². The summed E-state index contributed by atoms with van der Waals surface area (Å²) in [6.07, 6.45) is 3.73. The molecule has 4 heterocycles. The first-order chi connectivity index (χ1) is 15.7. The molecule has 166 valence electrons. The Morgan fingerprint density at radius 3 is 2.75 bits per heavy atom. The second-order valence-corrected chi connectivity index (χ2v) is 7.95. The van der Waals surface area contributed by atoms with Crippen molar-refractivity contribution in [3.05, 3.63) is 41.2 Å². The molecule has 0 aliphatic carbocycles. The van der Waals surface area contributed by atoms with E-state index in [4.69, 9.17) is 26.1 Å². The van der Waals surface area contributed by atoms with Gasteiger partial charge in [-0.05, 0) is 24.6 Å². The maximum atomic E-state index is 6.29. The standard InChI is InChI=1S/C22H24ClN7O2/c1-3-30-21-16(13-26-30)19-15(12-25-21)22(29-6-8-32-9-7-29)28-27-20(19)24-11-14-4-5-18(31-2)17(23)10-14/h4-5,10,12-13H,3,6-9,11H2,1-2H3,(H,24,27). The molecule has 1 aromatic carbocycles. The van der Waals surface area contributed by atoms with Gasteiger partial charge in [-0.3, -0.25) is 0 Å². The van der Waals surface area contributed by atoms with Gasteiger partial charge in [-0.1, -0.05) is 17.7 Å². The third-order valence-corrected chi connectivity index (χ3v) is 5.97. The lowest BCUT2D eigenvalue weighted by Crippen LogP contribution is -2.37. The normalized spacial score (nSPS) is 14.3. The van der Waals surface area contributed by atoms with E-state index in [1.165, 1.54) is 0 Å². The Bertz CT molecular complexity index is 1270. The number of fused-ring (bicyclic) bond motifs is 3. The monoisotopic (exact) mass is 453 g/mol. The Hall–Kier alpha value is -3.17. The molecule has 1 N–H and O–H groups in total. The summed E-state index contributed by atoms with van der Waals surface area (Å²) in [6, 6.07) is 5.72. The van der Waals surface area contributed by atoms with Crippen LogP contribution in [0.3, 0.4) is 0 Å². The molecule has 0 atom stereocenters. The molecular formula is C22H24ClN7O2. The maximum Gasteiger partial charge on any atom is 0.161 e. The Morgan fingerprint density at radius 2 is 2.00 bits per heavy atom. The first-order valence-electron chi connectivity index (χ1n) is 10.6. The van der Waals surface area contributed by atoms with Gasteiger partial charge in [-0.25, -0.2) is 9.67 Å². The molecule has 32 heavy (non-hydrogen) atoms. The predicted molar refractivity (Wildman–Crippen MR) is 125 cm³/mol. The molecule has 0 amide bonds. The topological polar surface area (TPSA) is 90.2 Å². The van der Waals surface area contributed by atoms with E-state index in [0.717, 1.165) is 52.8 Å². The molecule has 5 rings (SSSR count). The molecule has 3 aromatic heterocycles. The minimum absolute atomic E-state index is 0.538. The van der Waals surface area contributed by atoms with Crippen molar-refractivity contribution < 1.29 is 9.47 Å². The fourth-order valence-electron chi connectivity index (χ4n) is 4.02. The molecule has 1 aliphatic rings. The molecule has 9 nitrogen and oxygen atoms in total. The number of rotatable bonds is 6. The molecule has 1 aliphatic heterocycles. The van der Waals surface area contributed by atoms with E-state index in [2.05, 4.69) is 32.4 Å². The minimum atomic E-state index is 0.538. The van der Waals surface area contributed by atoms with Crippen molar-refractivity contribution in [3.63, 3.8) is 0 Å². The smallest absolute Gasteiger partial charge is 0.161 e. The molecule has 10 heteroatoms. The van der Waals surface area contributed by atoms with Gasteiger partial charge in [0.2, 0.25) is 0 Å². The number of hydrogen-bond donors (Lipinski definition) is 1. The molecular weight excluding hydrogens is 430 g/mol. The van der Waals surface area contributed by atoms with Crippen LogP contribution in [-0.4, -0.2) is 58.4 Å². The molecule has 0 bridgehead atoms. The number of nitrogens with zero attached hydrogens (tertiary/aromatic N) is 6. The Morgan fingerprint density at radius 1 is 1.16 bits per heavy atom. The second kappa shape index (κ2) is 8.76. The highest BCUT2D eigenvalue weighted by Crippen LogP contribution is 2.34. The number of nitrogens with one attached hydrogen (secondary N) is 1. The van der Waals surface area contributed by atoms with Crippen LogP contribution in [0.15, 0.2) is 30.6 Å². The quantitative estimate of drug-likeness (QED) is 0.474. The van der Waals surface area contributed by atoms with Gasteiger partial charge in [0.25, 0.3) is 0 Å². The highest BCUT2D eigenvalue weighted by Gasteiger charge is 2.21. The minimum Gasteiger partial charge on any atom is -0.495 e. The summed E-state index contributed by atoms with van der Waals surface area (Å²) in [5.41, 5.74) is 1.84. The highest BCUT2D eigenvalue weighted by atomic mass is 35.5. The van der Waals surface area contributed by atoms with E-state index in [1.807, 2.05) is 35.3 Å². The van der Waals surface area contributed by atoms with Crippen molar-refractivity contribution >= 4 is 45.0 Å². The molecule has 4 aromatic rings. The molecule has 0 unspecified atom stereocenters. The summed E-state index contributed by atoms with van der Waals surface area (Å²) in [7, 11) is 1.60. The number of pyridine rings is 1.